The molecule has 3 rings (SSSR count). The minimum Gasteiger partial charge on any atom is -0.452 e. The van der Waals surface area contributed by atoms with Crippen molar-refractivity contribution in [3.05, 3.63) is 71.4 Å². The van der Waals surface area contributed by atoms with Gasteiger partial charge in [-0.25, -0.2) is 9.78 Å². The number of hydrogen-bond donors (Lipinski definition) is 1. The van der Waals surface area contributed by atoms with E-state index in [9.17, 15) is 9.59 Å². The highest BCUT2D eigenvalue weighted by Gasteiger charge is 2.15. The van der Waals surface area contributed by atoms with Crippen molar-refractivity contribution in [3.8, 4) is 0 Å². The number of carbonyl (C=O) groups is 2. The van der Waals surface area contributed by atoms with Crippen molar-refractivity contribution in [1.82, 2.24) is 10.3 Å². The number of aromatic nitrogens is 1. The zero-order chi connectivity index (χ0) is 19.1. The topological polar surface area (TPSA) is 68.3 Å². The zero-order valence-electron chi connectivity index (χ0n) is 14.4. The molecule has 27 heavy (non-hydrogen) atoms. The second kappa shape index (κ2) is 9.39. The van der Waals surface area contributed by atoms with Crippen LogP contribution in [-0.4, -0.2) is 35.8 Å². The number of ether oxygens (including phenoxy) is 1. The zero-order valence-corrected chi connectivity index (χ0v) is 15.9. The van der Waals surface area contributed by atoms with Crippen molar-refractivity contribution < 1.29 is 14.3 Å². The molecule has 0 bridgehead atoms. The fourth-order valence-electron chi connectivity index (χ4n) is 2.45. The quantitative estimate of drug-likeness (QED) is 0.281. The van der Waals surface area contributed by atoms with E-state index in [-0.39, 0.29) is 23.2 Å². The Kier molecular flexibility index (Phi) is 6.68. The van der Waals surface area contributed by atoms with E-state index in [1.807, 2.05) is 36.4 Å². The molecule has 0 aliphatic rings. The first-order valence-electron chi connectivity index (χ1n) is 8.30. The smallest absolute Gasteiger partial charge is 0.339 e. The predicted molar refractivity (Wildman–Crippen MR) is 107 cm³/mol. The Labute approximate surface area is 166 Å². The van der Waals surface area contributed by atoms with E-state index in [1.54, 1.807) is 30.0 Å². The molecule has 138 valence electrons. The average molecular weight is 401 g/mol. The van der Waals surface area contributed by atoms with E-state index in [0.29, 0.717) is 17.4 Å². The minimum absolute atomic E-state index is 0.197. The number of para-hydroxylation sites is 1. The van der Waals surface area contributed by atoms with Crippen molar-refractivity contribution in [2.45, 2.75) is 4.90 Å². The lowest BCUT2D eigenvalue weighted by Crippen LogP contribution is -2.30. The number of pyridine rings is 1. The van der Waals surface area contributed by atoms with E-state index in [4.69, 9.17) is 16.3 Å². The molecule has 3 aromatic rings. The van der Waals surface area contributed by atoms with Gasteiger partial charge < -0.3 is 10.1 Å². The van der Waals surface area contributed by atoms with Crippen LogP contribution in [0.3, 0.4) is 0 Å². The van der Waals surface area contributed by atoms with Gasteiger partial charge in [-0.2, -0.15) is 0 Å². The number of amides is 1. The first-order valence-corrected chi connectivity index (χ1v) is 9.67. The average Bonchev–Trinajstić information content (AvgIpc) is 2.69. The molecule has 0 saturated heterocycles. The largest absolute Gasteiger partial charge is 0.452 e. The molecule has 1 amide bonds. The number of benzene rings is 2. The van der Waals surface area contributed by atoms with Gasteiger partial charge in [0.2, 0.25) is 0 Å². The molecular weight excluding hydrogens is 384 g/mol. The number of thioether (sulfide) groups is 1. The lowest BCUT2D eigenvalue weighted by molar-refractivity contribution is -0.124. The molecule has 0 atom stereocenters. The Hall–Kier alpha value is -2.57. The van der Waals surface area contributed by atoms with Crippen molar-refractivity contribution in [2.24, 2.45) is 0 Å². The molecule has 0 radical (unpaired) electrons. The first kappa shape index (κ1) is 19.2. The number of halogens is 1. The van der Waals surface area contributed by atoms with Crippen LogP contribution >= 0.6 is 23.4 Å². The van der Waals surface area contributed by atoms with Crippen LogP contribution in [0.15, 0.2) is 65.6 Å². The van der Waals surface area contributed by atoms with E-state index in [2.05, 4.69) is 10.3 Å². The Morgan fingerprint density at radius 3 is 2.63 bits per heavy atom. The highest BCUT2D eigenvalue weighted by atomic mass is 35.5. The van der Waals surface area contributed by atoms with Crippen molar-refractivity contribution in [3.63, 3.8) is 0 Å². The summed E-state index contributed by atoms with van der Waals surface area (Å²) in [5.41, 5.74) is 0.886. The van der Waals surface area contributed by atoms with Crippen molar-refractivity contribution in [2.75, 3.05) is 18.9 Å². The molecule has 1 N–H and O–H groups in total. The molecular formula is C20H17ClN2O3S. The fourth-order valence-corrected chi connectivity index (χ4v) is 3.44. The van der Waals surface area contributed by atoms with Gasteiger partial charge >= 0.3 is 5.97 Å². The molecule has 0 fully saturated rings. The summed E-state index contributed by atoms with van der Waals surface area (Å²) in [6.07, 6.45) is 0. The number of nitrogens with zero attached hydrogens (tertiary/aromatic N) is 1. The van der Waals surface area contributed by atoms with Crippen LogP contribution in [0.1, 0.15) is 10.4 Å². The SMILES string of the molecule is O=C(COC(=O)c1cc(Cl)nc2ccccc12)NCCSc1ccccc1. The molecule has 0 spiro atoms. The Bertz CT molecular complexity index is 950. The maximum Gasteiger partial charge on any atom is 0.339 e. The Morgan fingerprint density at radius 1 is 1.07 bits per heavy atom. The molecule has 2 aromatic carbocycles. The Morgan fingerprint density at radius 2 is 1.81 bits per heavy atom. The fraction of sp³-hybridized carbons (Fsp3) is 0.150. The summed E-state index contributed by atoms with van der Waals surface area (Å²) in [5.74, 6) is -0.223. The Balaban J connectivity index is 1.48. The number of carbonyl (C=O) groups excluding carboxylic acids is 2. The normalized spacial score (nSPS) is 10.6. The van der Waals surface area contributed by atoms with Crippen LogP contribution < -0.4 is 5.32 Å². The minimum atomic E-state index is -0.607. The molecule has 0 aliphatic carbocycles. The van der Waals surface area contributed by atoms with Gasteiger partial charge in [0.1, 0.15) is 5.15 Å². The highest BCUT2D eigenvalue weighted by molar-refractivity contribution is 7.99. The number of fused-ring (bicyclic) bond motifs is 1. The summed E-state index contributed by atoms with van der Waals surface area (Å²) >= 11 is 7.61. The standard InChI is InChI=1S/C20H17ClN2O3S/c21-18-12-16(15-8-4-5-9-17(15)23-18)20(25)26-13-19(24)22-10-11-27-14-6-2-1-3-7-14/h1-9,12H,10-11,13H2,(H,22,24). The van der Waals surface area contributed by atoms with Gasteiger partial charge in [-0.15, -0.1) is 11.8 Å². The summed E-state index contributed by atoms with van der Waals surface area (Å²) < 4.78 is 5.12. The van der Waals surface area contributed by atoms with Gasteiger partial charge in [-0.3, -0.25) is 4.79 Å². The van der Waals surface area contributed by atoms with Gasteiger partial charge in [0.25, 0.3) is 5.91 Å². The van der Waals surface area contributed by atoms with Gasteiger partial charge in [0, 0.05) is 22.6 Å². The van der Waals surface area contributed by atoms with Crippen LogP contribution in [0.2, 0.25) is 5.15 Å². The van der Waals surface area contributed by atoms with E-state index >= 15 is 0 Å². The molecule has 0 saturated carbocycles. The van der Waals surface area contributed by atoms with Crippen LogP contribution in [0, 0.1) is 0 Å². The number of nitrogens with one attached hydrogen (secondary N) is 1. The van der Waals surface area contributed by atoms with E-state index in [0.717, 1.165) is 10.6 Å². The molecule has 0 unspecified atom stereocenters. The second-order valence-corrected chi connectivity index (χ2v) is 7.15. The van der Waals surface area contributed by atoms with Gasteiger partial charge in [0.15, 0.2) is 6.61 Å². The summed E-state index contributed by atoms with van der Waals surface area (Å²) in [6, 6.07) is 18.5. The first-order chi connectivity index (χ1) is 13.1. The number of esters is 1. The number of hydrogen-bond acceptors (Lipinski definition) is 5. The maximum atomic E-state index is 12.3. The van der Waals surface area contributed by atoms with Crippen LogP contribution in [0.5, 0.6) is 0 Å². The lowest BCUT2D eigenvalue weighted by Gasteiger charge is -2.08. The third-order valence-corrected chi connectivity index (χ3v) is 4.88. The monoisotopic (exact) mass is 400 g/mol. The summed E-state index contributed by atoms with van der Waals surface area (Å²) in [6.45, 7) is 0.142. The molecule has 7 heteroatoms. The van der Waals surface area contributed by atoms with Crippen LogP contribution in [0.4, 0.5) is 0 Å². The van der Waals surface area contributed by atoms with Crippen molar-refractivity contribution >= 4 is 46.1 Å². The van der Waals surface area contributed by atoms with Gasteiger partial charge in [-0.1, -0.05) is 48.0 Å². The molecule has 1 heterocycles. The summed E-state index contributed by atoms with van der Waals surface area (Å²) in [5, 5.41) is 3.56. The molecule has 1 aromatic heterocycles. The maximum absolute atomic E-state index is 12.3. The van der Waals surface area contributed by atoms with Crippen molar-refractivity contribution in [1.29, 1.82) is 0 Å². The van der Waals surface area contributed by atoms with Crippen LogP contribution in [-0.2, 0) is 9.53 Å². The highest BCUT2D eigenvalue weighted by Crippen LogP contribution is 2.21. The molecule has 5 nitrogen and oxygen atoms in total. The molecule has 0 aliphatic heterocycles. The summed E-state index contributed by atoms with van der Waals surface area (Å²) in [7, 11) is 0. The third kappa shape index (κ3) is 5.45. The van der Waals surface area contributed by atoms with E-state index in [1.165, 1.54) is 6.07 Å². The predicted octanol–water partition coefficient (Wildman–Crippen LogP) is 3.95. The van der Waals surface area contributed by atoms with Gasteiger partial charge in [-0.05, 0) is 24.3 Å². The third-order valence-electron chi connectivity index (χ3n) is 3.68. The van der Waals surface area contributed by atoms with E-state index < -0.39 is 5.97 Å². The van der Waals surface area contributed by atoms with Gasteiger partial charge in [0.05, 0.1) is 11.1 Å². The van der Waals surface area contributed by atoms with Crippen LogP contribution in [0.25, 0.3) is 10.9 Å². The number of rotatable bonds is 7. The summed E-state index contributed by atoms with van der Waals surface area (Å²) in [4.78, 5) is 29.5. The lowest BCUT2D eigenvalue weighted by atomic mass is 10.1. The second-order valence-electron chi connectivity index (χ2n) is 5.60.